The minimum absolute atomic E-state index is 0.154. The standard InChI is InChI=1S/C29H30N4O2/c1-18-14-21(22-5-7-25-23(15-22)8-12-30-25)4-6-24(18)26-31-29(10-11-29)28(35)33(26)17-19-9-13-32(16-19)27(34)20-2-3-20/h4-8,12,14-15,19-20,30H,2-3,9-11,13,16-17H2,1H3. The molecule has 3 fully saturated rings. The minimum atomic E-state index is -0.526. The third-order valence-corrected chi connectivity index (χ3v) is 8.26. The predicted molar refractivity (Wildman–Crippen MR) is 136 cm³/mol. The van der Waals surface area contributed by atoms with Gasteiger partial charge in [0, 0.05) is 42.8 Å². The van der Waals surface area contributed by atoms with Crippen LogP contribution in [-0.4, -0.2) is 57.6 Å². The van der Waals surface area contributed by atoms with Gasteiger partial charge in [-0.3, -0.25) is 19.5 Å². The molecule has 1 unspecified atom stereocenters. The highest BCUT2D eigenvalue weighted by Gasteiger charge is 2.57. The van der Waals surface area contributed by atoms with E-state index >= 15 is 0 Å². The van der Waals surface area contributed by atoms with E-state index in [9.17, 15) is 9.59 Å². The lowest BCUT2D eigenvalue weighted by atomic mass is 9.98. The number of hydrogen-bond acceptors (Lipinski definition) is 3. The fraction of sp³-hybridized carbons (Fsp3) is 0.414. The third kappa shape index (κ3) is 3.49. The number of benzene rings is 2. The zero-order chi connectivity index (χ0) is 23.7. The summed E-state index contributed by atoms with van der Waals surface area (Å²) in [5.74, 6) is 1.86. The average Bonchev–Trinajstić information content (AvgIpc) is 3.74. The van der Waals surface area contributed by atoms with Crippen LogP contribution >= 0.6 is 0 Å². The topological polar surface area (TPSA) is 68.8 Å². The molecule has 4 aliphatic rings. The number of carbonyl (C=O) groups is 2. The first-order chi connectivity index (χ1) is 17.0. The van der Waals surface area contributed by atoms with Gasteiger partial charge in [0.15, 0.2) is 0 Å². The van der Waals surface area contributed by atoms with Crippen molar-refractivity contribution in [2.24, 2.45) is 16.8 Å². The predicted octanol–water partition coefficient (Wildman–Crippen LogP) is 4.52. The van der Waals surface area contributed by atoms with Crippen molar-refractivity contribution in [3.05, 3.63) is 59.8 Å². The molecular formula is C29H30N4O2. The summed E-state index contributed by atoms with van der Waals surface area (Å²) in [5, 5.41) is 1.20. The number of nitrogens with zero attached hydrogens (tertiary/aromatic N) is 3. The Morgan fingerprint density at radius 1 is 1.09 bits per heavy atom. The number of fused-ring (bicyclic) bond motifs is 1. The van der Waals surface area contributed by atoms with Crippen LogP contribution in [0, 0.1) is 18.8 Å². The number of H-pyrrole nitrogens is 1. The number of aryl methyl sites for hydroxylation is 1. The largest absolute Gasteiger partial charge is 0.361 e. The van der Waals surface area contributed by atoms with Crippen LogP contribution in [0.15, 0.2) is 53.7 Å². The molecule has 1 atom stereocenters. The van der Waals surface area contributed by atoms with E-state index in [2.05, 4.69) is 54.4 Å². The summed E-state index contributed by atoms with van der Waals surface area (Å²) in [5.41, 5.74) is 5.12. The number of likely N-dealkylation sites (tertiary alicyclic amines) is 1. The Kier molecular flexibility index (Phi) is 4.51. The Morgan fingerprint density at radius 3 is 2.66 bits per heavy atom. The number of rotatable bonds is 5. The van der Waals surface area contributed by atoms with E-state index < -0.39 is 5.54 Å². The van der Waals surface area contributed by atoms with Gasteiger partial charge in [-0.1, -0.05) is 24.3 Å². The van der Waals surface area contributed by atoms with Crippen molar-refractivity contribution in [1.82, 2.24) is 14.8 Å². The number of aliphatic imine (C=N–C) groups is 1. The number of amidine groups is 1. The molecule has 2 aromatic carbocycles. The highest BCUT2D eigenvalue weighted by atomic mass is 16.2. The van der Waals surface area contributed by atoms with Crippen LogP contribution in [0.1, 0.15) is 43.2 Å². The molecule has 2 aliphatic carbocycles. The van der Waals surface area contributed by atoms with Gasteiger partial charge in [-0.15, -0.1) is 0 Å². The number of aromatic nitrogens is 1. The Hall–Kier alpha value is -3.41. The highest BCUT2D eigenvalue weighted by molar-refractivity contribution is 6.17. The smallest absolute Gasteiger partial charge is 0.256 e. The second-order valence-corrected chi connectivity index (χ2v) is 10.9. The monoisotopic (exact) mass is 466 g/mol. The first kappa shape index (κ1) is 20.9. The lowest BCUT2D eigenvalue weighted by Crippen LogP contribution is -2.41. The summed E-state index contributed by atoms with van der Waals surface area (Å²) in [6.07, 6.45) is 6.69. The van der Waals surface area contributed by atoms with Gasteiger partial charge in [0.05, 0.1) is 0 Å². The van der Waals surface area contributed by atoms with Crippen LogP contribution in [0.5, 0.6) is 0 Å². The molecule has 2 aliphatic heterocycles. The average molecular weight is 467 g/mol. The normalized spacial score (nSPS) is 22.9. The molecule has 3 aromatic rings. The Morgan fingerprint density at radius 2 is 1.89 bits per heavy atom. The molecule has 0 radical (unpaired) electrons. The molecule has 2 saturated carbocycles. The van der Waals surface area contributed by atoms with E-state index in [1.165, 1.54) is 10.9 Å². The Bertz CT molecular complexity index is 1390. The van der Waals surface area contributed by atoms with Gasteiger partial charge in [0.1, 0.15) is 11.4 Å². The summed E-state index contributed by atoms with van der Waals surface area (Å²) in [6, 6.07) is 15.0. The molecule has 1 spiro atoms. The first-order valence-electron chi connectivity index (χ1n) is 12.9. The second-order valence-electron chi connectivity index (χ2n) is 10.9. The van der Waals surface area contributed by atoms with Crippen molar-refractivity contribution in [2.45, 2.75) is 44.6 Å². The van der Waals surface area contributed by atoms with Gasteiger partial charge in [-0.25, -0.2) is 0 Å². The van der Waals surface area contributed by atoms with Crippen LogP contribution in [0.25, 0.3) is 22.0 Å². The fourth-order valence-electron chi connectivity index (χ4n) is 5.83. The van der Waals surface area contributed by atoms with Crippen LogP contribution in [0.2, 0.25) is 0 Å². The molecule has 6 nitrogen and oxygen atoms in total. The van der Waals surface area contributed by atoms with E-state index in [1.807, 2.05) is 16.0 Å². The number of amides is 2. The van der Waals surface area contributed by atoms with Crippen molar-refractivity contribution >= 4 is 28.6 Å². The van der Waals surface area contributed by atoms with E-state index in [4.69, 9.17) is 4.99 Å². The van der Waals surface area contributed by atoms with Gasteiger partial charge < -0.3 is 9.88 Å². The lowest BCUT2D eigenvalue weighted by Gasteiger charge is -2.24. The van der Waals surface area contributed by atoms with Gasteiger partial charge in [-0.2, -0.15) is 0 Å². The van der Waals surface area contributed by atoms with Gasteiger partial charge >= 0.3 is 0 Å². The van der Waals surface area contributed by atoms with Crippen molar-refractivity contribution in [3.8, 4) is 11.1 Å². The van der Waals surface area contributed by atoms with Crippen LogP contribution in [0.3, 0.4) is 0 Å². The van der Waals surface area contributed by atoms with Gasteiger partial charge in [0.2, 0.25) is 5.91 Å². The van der Waals surface area contributed by atoms with Gasteiger partial charge in [-0.05, 0) is 85.2 Å². The van der Waals surface area contributed by atoms with Gasteiger partial charge in [0.25, 0.3) is 5.91 Å². The summed E-state index contributed by atoms with van der Waals surface area (Å²) in [4.78, 5) is 38.2. The zero-order valence-corrected chi connectivity index (χ0v) is 20.1. The molecular weight excluding hydrogens is 436 g/mol. The third-order valence-electron chi connectivity index (χ3n) is 8.26. The number of hydrogen-bond donors (Lipinski definition) is 1. The lowest BCUT2D eigenvalue weighted by molar-refractivity contribution is -0.131. The quantitative estimate of drug-likeness (QED) is 0.601. The number of carbonyl (C=O) groups excluding carboxylic acids is 2. The molecule has 178 valence electrons. The van der Waals surface area contributed by atoms with Crippen LogP contribution in [-0.2, 0) is 9.59 Å². The van der Waals surface area contributed by atoms with Crippen molar-refractivity contribution < 1.29 is 9.59 Å². The molecule has 1 N–H and O–H groups in total. The number of nitrogens with one attached hydrogen (secondary N) is 1. The summed E-state index contributed by atoms with van der Waals surface area (Å²) in [7, 11) is 0. The maximum absolute atomic E-state index is 13.4. The Labute approximate surface area is 205 Å². The highest BCUT2D eigenvalue weighted by Crippen LogP contribution is 2.46. The van der Waals surface area contributed by atoms with Crippen LogP contribution < -0.4 is 0 Å². The molecule has 35 heavy (non-hydrogen) atoms. The summed E-state index contributed by atoms with van der Waals surface area (Å²) in [6.45, 7) is 4.35. The molecule has 7 rings (SSSR count). The van der Waals surface area contributed by atoms with Crippen molar-refractivity contribution in [1.29, 1.82) is 0 Å². The minimum Gasteiger partial charge on any atom is -0.361 e. The van der Waals surface area contributed by atoms with Crippen LogP contribution in [0.4, 0.5) is 0 Å². The summed E-state index contributed by atoms with van der Waals surface area (Å²) < 4.78 is 0. The second kappa shape index (κ2) is 7.54. The molecule has 2 amide bonds. The zero-order valence-electron chi connectivity index (χ0n) is 20.1. The Balaban J connectivity index is 1.15. The van der Waals surface area contributed by atoms with E-state index in [-0.39, 0.29) is 11.8 Å². The fourth-order valence-corrected chi connectivity index (χ4v) is 5.83. The maximum Gasteiger partial charge on any atom is 0.256 e. The van der Waals surface area contributed by atoms with E-state index in [0.717, 1.165) is 73.2 Å². The SMILES string of the molecule is Cc1cc(-c2ccc3[nH]ccc3c2)ccc1C1=NC2(CC2)C(=O)N1CC1CCN(C(=O)C2CC2)C1. The molecule has 0 bridgehead atoms. The summed E-state index contributed by atoms with van der Waals surface area (Å²) >= 11 is 0. The molecule has 1 aromatic heterocycles. The number of aromatic amines is 1. The molecule has 1 saturated heterocycles. The molecule has 3 heterocycles. The van der Waals surface area contributed by atoms with Crippen molar-refractivity contribution in [3.63, 3.8) is 0 Å². The van der Waals surface area contributed by atoms with Crippen molar-refractivity contribution in [2.75, 3.05) is 19.6 Å². The van der Waals surface area contributed by atoms with E-state index in [0.29, 0.717) is 18.4 Å². The molecule has 6 heteroatoms. The van der Waals surface area contributed by atoms with E-state index in [1.54, 1.807) is 0 Å². The maximum atomic E-state index is 13.4. The first-order valence-corrected chi connectivity index (χ1v) is 12.9.